The molecule has 0 unspecified atom stereocenters. The molecule has 0 aliphatic carbocycles. The quantitative estimate of drug-likeness (QED) is 0.0453. The number of likely N-dealkylation sites (tertiary alicyclic amines) is 1. The molecule has 1 aliphatic heterocycles. The second-order valence-electron chi connectivity index (χ2n) is 15.0. The van der Waals surface area contributed by atoms with Gasteiger partial charge < -0.3 is 46.0 Å². The number of fused-ring (bicyclic) bond motifs is 2. The summed E-state index contributed by atoms with van der Waals surface area (Å²) in [6, 6.07) is 10.6. The van der Waals surface area contributed by atoms with E-state index in [9.17, 15) is 19.2 Å². The molecule has 0 bridgehead atoms. The Kier molecular flexibility index (Phi) is 20.2. The van der Waals surface area contributed by atoms with Gasteiger partial charge in [0.1, 0.15) is 46.5 Å². The molecule has 6 aromatic rings. The van der Waals surface area contributed by atoms with Crippen molar-refractivity contribution in [3.63, 3.8) is 0 Å². The number of hydrogen-bond donors (Lipinski definition) is 5. The number of rotatable bonds is 18. The zero-order valence-corrected chi connectivity index (χ0v) is 39.4. The molecule has 1 fully saturated rings. The fraction of sp³-hybridized carbons (Fsp3) is 0.435. The molecule has 0 atom stereocenters. The van der Waals surface area contributed by atoms with E-state index in [1.54, 1.807) is 52.8 Å². The smallest absolute Gasteiger partial charge is 0.276 e. The van der Waals surface area contributed by atoms with Gasteiger partial charge in [0.05, 0.1) is 36.1 Å². The zero-order chi connectivity index (χ0) is 48.3. The van der Waals surface area contributed by atoms with Crippen LogP contribution in [0.1, 0.15) is 86.2 Å². The molecule has 66 heavy (non-hydrogen) atoms. The van der Waals surface area contributed by atoms with Gasteiger partial charge in [-0.05, 0) is 111 Å². The van der Waals surface area contributed by atoms with Gasteiger partial charge in [-0.15, -0.1) is 0 Å². The number of aryl methyl sites for hydroxylation is 4. The predicted octanol–water partition coefficient (Wildman–Crippen LogP) is 4.46. The molecule has 0 radical (unpaired) electrons. The Labute approximate surface area is 385 Å². The van der Waals surface area contributed by atoms with Crippen LogP contribution in [0, 0.1) is 13.8 Å². The van der Waals surface area contributed by atoms with Gasteiger partial charge in [-0.2, -0.15) is 10.2 Å². The van der Waals surface area contributed by atoms with E-state index in [-0.39, 0.29) is 11.9 Å². The van der Waals surface area contributed by atoms with Crippen molar-refractivity contribution in [1.29, 1.82) is 0 Å². The van der Waals surface area contributed by atoms with Crippen molar-refractivity contribution >= 4 is 58.7 Å². The molecule has 0 saturated carbocycles. The molecular formula is C46H66N14O6. The Morgan fingerprint density at radius 3 is 1.86 bits per heavy atom. The van der Waals surface area contributed by atoms with Crippen LogP contribution in [0.3, 0.4) is 0 Å². The molecule has 356 valence electrons. The summed E-state index contributed by atoms with van der Waals surface area (Å²) in [5.74, 6) is 1.59. The molecule has 0 spiro atoms. The van der Waals surface area contributed by atoms with Gasteiger partial charge in [0.2, 0.25) is 11.9 Å². The highest BCUT2D eigenvalue weighted by Gasteiger charge is 2.21. The van der Waals surface area contributed by atoms with Gasteiger partial charge in [0.15, 0.2) is 6.29 Å². The summed E-state index contributed by atoms with van der Waals surface area (Å²) in [5, 5.41) is 14.6. The van der Waals surface area contributed by atoms with E-state index in [4.69, 9.17) is 25.2 Å². The highest BCUT2D eigenvalue weighted by atomic mass is 16.5. The van der Waals surface area contributed by atoms with Crippen molar-refractivity contribution in [2.24, 2.45) is 17.2 Å². The van der Waals surface area contributed by atoms with Gasteiger partial charge >= 0.3 is 0 Å². The maximum absolute atomic E-state index is 13.5. The average Bonchev–Trinajstić information content (AvgIpc) is 4.12. The lowest BCUT2D eigenvalue weighted by Gasteiger charge is -2.29. The molecule has 4 aromatic heterocycles. The zero-order valence-electron chi connectivity index (χ0n) is 39.4. The fourth-order valence-corrected chi connectivity index (χ4v) is 7.60. The maximum Gasteiger partial charge on any atom is 0.276 e. The number of nitrogens with zero attached hydrogens (tertiary/aromatic N) is 9. The number of benzene rings is 2. The first-order valence-electron chi connectivity index (χ1n) is 22.0. The maximum atomic E-state index is 13.5. The van der Waals surface area contributed by atoms with Crippen LogP contribution in [0.25, 0.3) is 22.1 Å². The molecule has 7 rings (SSSR count). The Morgan fingerprint density at radius 2 is 1.32 bits per heavy atom. The van der Waals surface area contributed by atoms with E-state index >= 15 is 0 Å². The van der Waals surface area contributed by atoms with Crippen LogP contribution >= 0.6 is 0 Å². The van der Waals surface area contributed by atoms with Crippen LogP contribution in [-0.4, -0.2) is 129 Å². The minimum absolute atomic E-state index is 0.288. The number of aldehydes is 3. The first kappa shape index (κ1) is 51.9. The molecule has 1 saturated heterocycles. The molecule has 2 aromatic carbocycles. The number of nitrogens with one attached hydrogen (secondary N) is 2. The van der Waals surface area contributed by atoms with Crippen LogP contribution in [0.5, 0.6) is 11.5 Å². The number of imidazole rings is 2. The first-order chi connectivity index (χ1) is 32.0. The van der Waals surface area contributed by atoms with Gasteiger partial charge in [-0.3, -0.25) is 33.9 Å². The van der Waals surface area contributed by atoms with Crippen LogP contribution in [-0.2, 0) is 26.2 Å². The van der Waals surface area contributed by atoms with Crippen molar-refractivity contribution in [3.8, 4) is 11.5 Å². The van der Waals surface area contributed by atoms with Crippen molar-refractivity contribution in [1.82, 2.24) is 43.6 Å². The predicted molar refractivity (Wildman–Crippen MR) is 258 cm³/mol. The minimum atomic E-state index is -0.358. The SMILES string of the molecule is CCn1nc(C)cc1C(=O)Nc1nc2cc(C=O)cc(OC)c2n1C/C=C/Cn1c(NC)nc2cc(C=O)cc(OCCCN3CCC(N)CC3)c21.CCn1nc(C)cc1C=O.CN.CN. The summed E-state index contributed by atoms with van der Waals surface area (Å²) in [6.07, 6.45) is 9.16. The number of allylic oxidation sites excluding steroid dienone is 2. The molecular weight excluding hydrogens is 845 g/mol. The standard InChI is InChI=1S/C37H46N10O5.C7H10N2O.2CH5N/c1-5-47-30(17-24(2)43-47)35(50)42-37-41-28-18-25(22-48)20-31(51-4)33(28)46(37)13-7-6-12-45-34-29(40-36(45)39-3)19-26(23-49)21-32(34)52-16-8-11-44-14-9-27(38)10-15-44;1-3-9-7(5-10)4-6(2)8-9;2*1-2/h6-7,17-23,27H,5,8-16,38H2,1-4H3,(H,39,40)(H,41,42,50);4-5H,3H2,1-2H3;2*2H2,1H3/b7-6+;;;. The molecule has 1 amide bonds. The van der Waals surface area contributed by atoms with Gasteiger partial charge in [-0.1, -0.05) is 12.2 Å². The minimum Gasteiger partial charge on any atom is -0.494 e. The summed E-state index contributed by atoms with van der Waals surface area (Å²) in [5.41, 5.74) is 21.2. The van der Waals surface area contributed by atoms with Crippen LogP contribution in [0.2, 0.25) is 0 Å². The third-order valence-electron chi connectivity index (χ3n) is 10.6. The van der Waals surface area contributed by atoms with E-state index in [0.29, 0.717) is 88.7 Å². The van der Waals surface area contributed by atoms with Crippen LogP contribution in [0.15, 0.2) is 48.6 Å². The van der Waals surface area contributed by atoms with E-state index in [1.807, 2.05) is 49.0 Å². The Bertz CT molecular complexity index is 2560. The van der Waals surface area contributed by atoms with E-state index < -0.39 is 0 Å². The van der Waals surface area contributed by atoms with Crippen LogP contribution in [0.4, 0.5) is 11.9 Å². The topological polar surface area (TPSA) is 263 Å². The number of nitrogens with two attached hydrogens (primary N) is 3. The number of methoxy groups -OCH3 is 1. The van der Waals surface area contributed by atoms with E-state index in [2.05, 4.69) is 37.2 Å². The lowest BCUT2D eigenvalue weighted by atomic mass is 10.1. The summed E-state index contributed by atoms with van der Waals surface area (Å²) in [7, 11) is 6.32. The largest absolute Gasteiger partial charge is 0.494 e. The number of anilines is 2. The van der Waals surface area contributed by atoms with Crippen molar-refractivity contribution in [2.75, 3.05) is 65.1 Å². The van der Waals surface area contributed by atoms with Crippen molar-refractivity contribution < 1.29 is 28.7 Å². The molecule has 8 N–H and O–H groups in total. The third-order valence-corrected chi connectivity index (χ3v) is 10.6. The van der Waals surface area contributed by atoms with E-state index in [1.165, 1.54) is 21.2 Å². The Balaban J connectivity index is 0.000000591. The summed E-state index contributed by atoms with van der Waals surface area (Å²) in [6.45, 7) is 13.0. The molecule has 20 heteroatoms. The monoisotopic (exact) mass is 911 g/mol. The number of hydrogen-bond acceptors (Lipinski definition) is 15. The Morgan fingerprint density at radius 1 is 0.773 bits per heavy atom. The van der Waals surface area contributed by atoms with Crippen LogP contribution < -0.4 is 37.3 Å². The second kappa shape index (κ2) is 25.7. The molecule has 20 nitrogen and oxygen atoms in total. The first-order valence-corrected chi connectivity index (χ1v) is 22.0. The average molecular weight is 911 g/mol. The van der Waals surface area contributed by atoms with Crippen molar-refractivity contribution in [2.45, 2.75) is 79.2 Å². The number of amides is 1. The number of carbonyl (C=O) groups excluding carboxylic acids is 4. The fourth-order valence-electron chi connectivity index (χ4n) is 7.60. The number of carbonyl (C=O) groups is 4. The lowest BCUT2D eigenvalue weighted by Crippen LogP contribution is -2.40. The number of piperidine rings is 1. The summed E-state index contributed by atoms with van der Waals surface area (Å²) < 4.78 is 19.1. The molecule has 1 aliphatic rings. The second-order valence-corrected chi connectivity index (χ2v) is 15.0. The highest BCUT2D eigenvalue weighted by molar-refractivity contribution is 6.03. The summed E-state index contributed by atoms with van der Waals surface area (Å²) >= 11 is 0. The number of aromatic nitrogens is 8. The lowest BCUT2D eigenvalue weighted by molar-refractivity contribution is 0.101. The van der Waals surface area contributed by atoms with Crippen molar-refractivity contribution in [3.05, 3.63) is 82.5 Å². The third kappa shape index (κ3) is 12.7. The normalized spacial score (nSPS) is 12.7. The highest BCUT2D eigenvalue weighted by Crippen LogP contribution is 2.32. The number of ether oxygens (including phenoxy) is 2. The van der Waals surface area contributed by atoms with Gasteiger partial charge in [-0.25, -0.2) is 9.97 Å². The molecule has 5 heterocycles. The van der Waals surface area contributed by atoms with E-state index in [0.717, 1.165) is 81.2 Å². The van der Waals surface area contributed by atoms with Gasteiger partial charge in [0, 0.05) is 56.9 Å². The summed E-state index contributed by atoms with van der Waals surface area (Å²) in [4.78, 5) is 59.2. The Hall–Kier alpha value is -6.74. The van der Waals surface area contributed by atoms with Gasteiger partial charge in [0.25, 0.3) is 5.91 Å².